The molecule has 0 amide bonds. The van der Waals surface area contributed by atoms with Crippen molar-refractivity contribution in [1.29, 1.82) is 0 Å². The molecule has 2 N–H and O–H groups in total. The molecule has 0 aliphatic carbocycles. The van der Waals surface area contributed by atoms with Gasteiger partial charge in [0.05, 0.1) is 6.61 Å². The van der Waals surface area contributed by atoms with Crippen LogP contribution in [0.2, 0.25) is 0 Å². The van der Waals surface area contributed by atoms with Crippen LogP contribution < -0.4 is 10.5 Å². The molecular weight excluding hydrogens is 262 g/mol. The first-order chi connectivity index (χ1) is 10.2. The summed E-state index contributed by atoms with van der Waals surface area (Å²) in [5.41, 5.74) is 10.0. The van der Waals surface area contributed by atoms with Gasteiger partial charge in [-0.3, -0.25) is 4.40 Å². The summed E-state index contributed by atoms with van der Waals surface area (Å²) in [4.78, 5) is 4.63. The molecule has 0 unspecified atom stereocenters. The highest BCUT2D eigenvalue weighted by molar-refractivity contribution is 5.75. The number of nitrogens with zero attached hydrogens (tertiary/aromatic N) is 2. The minimum absolute atomic E-state index is 0.672. The van der Waals surface area contributed by atoms with E-state index in [1.54, 1.807) is 0 Å². The van der Waals surface area contributed by atoms with Gasteiger partial charge in [0.2, 0.25) is 0 Å². The van der Waals surface area contributed by atoms with E-state index in [1.165, 1.54) is 0 Å². The molecule has 0 atom stereocenters. The number of hydrogen-bond donors (Lipinski definition) is 1. The molecular formula is C17H19N3O. The lowest BCUT2D eigenvalue weighted by molar-refractivity contribution is 0.317. The molecule has 1 aromatic carbocycles. The minimum Gasteiger partial charge on any atom is -0.494 e. The van der Waals surface area contributed by atoms with Gasteiger partial charge >= 0.3 is 0 Å². The van der Waals surface area contributed by atoms with Gasteiger partial charge in [-0.15, -0.1) is 0 Å². The SMILES string of the molecule is CCCOc1ccc(-c2nc3cccc(C)n3c2N)cc1. The Morgan fingerprint density at radius 2 is 1.90 bits per heavy atom. The first-order valence-corrected chi connectivity index (χ1v) is 7.17. The number of nitrogen functional groups attached to an aromatic ring is 1. The zero-order valence-electron chi connectivity index (χ0n) is 12.3. The monoisotopic (exact) mass is 281 g/mol. The number of ether oxygens (including phenoxy) is 1. The number of aromatic nitrogens is 2. The molecule has 0 saturated carbocycles. The minimum atomic E-state index is 0.672. The molecule has 108 valence electrons. The average molecular weight is 281 g/mol. The van der Waals surface area contributed by atoms with Crippen molar-refractivity contribution in [3.63, 3.8) is 0 Å². The van der Waals surface area contributed by atoms with Crippen molar-refractivity contribution in [2.45, 2.75) is 20.3 Å². The van der Waals surface area contributed by atoms with Crippen LogP contribution in [0.1, 0.15) is 19.0 Å². The van der Waals surface area contributed by atoms with Crippen LogP contribution in [0, 0.1) is 6.92 Å². The molecule has 0 bridgehead atoms. The van der Waals surface area contributed by atoms with Crippen LogP contribution in [0.15, 0.2) is 42.5 Å². The molecule has 0 aliphatic rings. The van der Waals surface area contributed by atoms with Crippen LogP contribution >= 0.6 is 0 Å². The fourth-order valence-corrected chi connectivity index (χ4v) is 2.42. The molecule has 0 radical (unpaired) electrons. The van der Waals surface area contributed by atoms with Crippen molar-refractivity contribution >= 4 is 11.5 Å². The zero-order chi connectivity index (χ0) is 14.8. The predicted molar refractivity (Wildman–Crippen MR) is 85.6 cm³/mol. The highest BCUT2D eigenvalue weighted by atomic mass is 16.5. The Morgan fingerprint density at radius 3 is 2.57 bits per heavy atom. The maximum atomic E-state index is 6.26. The van der Waals surface area contributed by atoms with Crippen molar-refractivity contribution in [1.82, 2.24) is 9.38 Å². The number of hydrogen-bond acceptors (Lipinski definition) is 3. The summed E-state index contributed by atoms with van der Waals surface area (Å²) in [5, 5.41) is 0. The predicted octanol–water partition coefficient (Wildman–Crippen LogP) is 3.68. The number of fused-ring (bicyclic) bond motifs is 1. The molecule has 3 rings (SSSR count). The highest BCUT2D eigenvalue weighted by Crippen LogP contribution is 2.28. The van der Waals surface area contributed by atoms with E-state index in [1.807, 2.05) is 53.8 Å². The van der Waals surface area contributed by atoms with Gasteiger partial charge in [0.15, 0.2) is 0 Å². The molecule has 0 spiro atoms. The second-order valence-electron chi connectivity index (χ2n) is 5.08. The topological polar surface area (TPSA) is 52.5 Å². The summed E-state index contributed by atoms with van der Waals surface area (Å²) >= 11 is 0. The van der Waals surface area contributed by atoms with E-state index in [9.17, 15) is 0 Å². The first-order valence-electron chi connectivity index (χ1n) is 7.17. The maximum absolute atomic E-state index is 6.26. The number of nitrogens with two attached hydrogens (primary N) is 1. The smallest absolute Gasteiger partial charge is 0.139 e. The molecule has 2 aromatic heterocycles. The maximum Gasteiger partial charge on any atom is 0.139 e. The van der Waals surface area contributed by atoms with E-state index in [4.69, 9.17) is 10.5 Å². The first kappa shape index (κ1) is 13.5. The highest BCUT2D eigenvalue weighted by Gasteiger charge is 2.12. The summed E-state index contributed by atoms with van der Waals surface area (Å²) in [6, 6.07) is 13.9. The van der Waals surface area contributed by atoms with Gasteiger partial charge in [-0.25, -0.2) is 4.98 Å². The zero-order valence-corrected chi connectivity index (χ0v) is 12.3. The summed E-state index contributed by atoms with van der Waals surface area (Å²) < 4.78 is 7.57. The largest absolute Gasteiger partial charge is 0.494 e. The van der Waals surface area contributed by atoms with E-state index in [0.717, 1.165) is 41.4 Å². The second-order valence-corrected chi connectivity index (χ2v) is 5.08. The van der Waals surface area contributed by atoms with Crippen molar-refractivity contribution in [2.24, 2.45) is 0 Å². The van der Waals surface area contributed by atoms with Crippen molar-refractivity contribution in [2.75, 3.05) is 12.3 Å². The summed E-state index contributed by atoms with van der Waals surface area (Å²) in [6.45, 7) is 4.85. The lowest BCUT2D eigenvalue weighted by Crippen LogP contribution is -1.97. The Bertz CT molecular complexity index is 760. The fraction of sp³-hybridized carbons (Fsp3) is 0.235. The van der Waals surface area contributed by atoms with Gasteiger partial charge in [0, 0.05) is 11.3 Å². The van der Waals surface area contributed by atoms with Crippen LogP contribution in [0.25, 0.3) is 16.9 Å². The number of aryl methyl sites for hydroxylation is 1. The Hall–Kier alpha value is -2.49. The van der Waals surface area contributed by atoms with E-state index in [2.05, 4.69) is 11.9 Å². The van der Waals surface area contributed by atoms with Crippen LogP contribution in [0.4, 0.5) is 5.82 Å². The Morgan fingerprint density at radius 1 is 1.14 bits per heavy atom. The normalized spacial score (nSPS) is 11.0. The van der Waals surface area contributed by atoms with E-state index in [0.29, 0.717) is 5.82 Å². The van der Waals surface area contributed by atoms with E-state index < -0.39 is 0 Å². The van der Waals surface area contributed by atoms with Crippen molar-refractivity contribution < 1.29 is 4.74 Å². The summed E-state index contributed by atoms with van der Waals surface area (Å²) in [5.74, 6) is 1.55. The average Bonchev–Trinajstić information content (AvgIpc) is 2.84. The van der Waals surface area contributed by atoms with Crippen LogP contribution in [-0.2, 0) is 0 Å². The molecule has 4 nitrogen and oxygen atoms in total. The van der Waals surface area contributed by atoms with Gasteiger partial charge < -0.3 is 10.5 Å². The van der Waals surface area contributed by atoms with Gasteiger partial charge in [-0.05, 0) is 49.7 Å². The Labute approximate surface area is 124 Å². The fourth-order valence-electron chi connectivity index (χ4n) is 2.42. The Balaban J connectivity index is 2.00. The number of benzene rings is 1. The number of pyridine rings is 1. The summed E-state index contributed by atoms with van der Waals surface area (Å²) in [7, 11) is 0. The van der Waals surface area contributed by atoms with Gasteiger partial charge in [-0.1, -0.05) is 13.0 Å². The number of rotatable bonds is 4. The van der Waals surface area contributed by atoms with Gasteiger partial charge in [0.1, 0.15) is 22.9 Å². The lowest BCUT2D eigenvalue weighted by atomic mass is 10.1. The molecule has 4 heteroatoms. The standard InChI is InChI=1S/C17H19N3O/c1-3-11-21-14-9-7-13(8-10-14)16-17(18)20-12(2)5-4-6-15(20)19-16/h4-10H,3,11,18H2,1-2H3. The van der Waals surface area contributed by atoms with Crippen LogP contribution in [-0.4, -0.2) is 16.0 Å². The number of imidazole rings is 1. The second kappa shape index (κ2) is 5.48. The van der Waals surface area contributed by atoms with Crippen LogP contribution in [0.5, 0.6) is 5.75 Å². The third-order valence-electron chi connectivity index (χ3n) is 3.48. The molecule has 0 fully saturated rings. The molecule has 3 aromatic rings. The third kappa shape index (κ3) is 2.44. The van der Waals surface area contributed by atoms with Gasteiger partial charge in [-0.2, -0.15) is 0 Å². The molecule has 0 aliphatic heterocycles. The van der Waals surface area contributed by atoms with E-state index >= 15 is 0 Å². The molecule has 0 saturated heterocycles. The van der Waals surface area contributed by atoms with Crippen LogP contribution in [0.3, 0.4) is 0 Å². The summed E-state index contributed by atoms with van der Waals surface area (Å²) in [6.07, 6.45) is 1.00. The Kier molecular flexibility index (Phi) is 3.52. The van der Waals surface area contributed by atoms with Crippen molar-refractivity contribution in [3.05, 3.63) is 48.2 Å². The van der Waals surface area contributed by atoms with Gasteiger partial charge in [0.25, 0.3) is 0 Å². The van der Waals surface area contributed by atoms with Crippen molar-refractivity contribution in [3.8, 4) is 17.0 Å². The third-order valence-corrected chi connectivity index (χ3v) is 3.48. The van der Waals surface area contributed by atoms with E-state index in [-0.39, 0.29) is 0 Å². The molecule has 2 heterocycles. The molecule has 21 heavy (non-hydrogen) atoms. The number of anilines is 1. The lowest BCUT2D eigenvalue weighted by Gasteiger charge is -2.05. The quantitative estimate of drug-likeness (QED) is 0.793.